The van der Waals surface area contributed by atoms with E-state index in [0.29, 0.717) is 24.5 Å². The summed E-state index contributed by atoms with van der Waals surface area (Å²) in [6, 6.07) is 7.19. The first-order chi connectivity index (χ1) is 10.5. The van der Waals surface area contributed by atoms with E-state index in [4.69, 9.17) is 18.9 Å². The first-order valence-corrected chi connectivity index (χ1v) is 7.26. The van der Waals surface area contributed by atoms with Crippen molar-refractivity contribution in [2.24, 2.45) is 0 Å². The third-order valence-electron chi connectivity index (χ3n) is 4.69. The van der Waals surface area contributed by atoms with Gasteiger partial charge in [-0.05, 0) is 13.0 Å². The average Bonchev–Trinajstić information content (AvgIpc) is 2.74. The number of para-hydroxylation sites is 1. The Morgan fingerprint density at radius 2 is 1.82 bits per heavy atom. The Morgan fingerprint density at radius 3 is 2.50 bits per heavy atom. The highest BCUT2D eigenvalue weighted by Crippen LogP contribution is 2.64. The van der Waals surface area contributed by atoms with E-state index in [0.717, 1.165) is 0 Å². The topological polar surface area (TPSA) is 71.1 Å². The van der Waals surface area contributed by atoms with Crippen molar-refractivity contribution in [3.63, 3.8) is 0 Å². The second-order valence-corrected chi connectivity index (χ2v) is 5.80. The number of carbonyl (C=O) groups excluding carboxylic acids is 2. The van der Waals surface area contributed by atoms with Crippen LogP contribution in [-0.2, 0) is 29.4 Å². The van der Waals surface area contributed by atoms with Gasteiger partial charge >= 0.3 is 5.97 Å². The summed E-state index contributed by atoms with van der Waals surface area (Å²) in [5, 5.41) is 0. The minimum atomic E-state index is -1.37. The van der Waals surface area contributed by atoms with Crippen molar-refractivity contribution < 1.29 is 28.5 Å². The molecule has 1 saturated heterocycles. The highest BCUT2D eigenvalue weighted by molar-refractivity contribution is 5.93. The van der Waals surface area contributed by atoms with E-state index < -0.39 is 29.4 Å². The van der Waals surface area contributed by atoms with E-state index >= 15 is 0 Å². The van der Waals surface area contributed by atoms with E-state index in [-0.39, 0.29) is 5.78 Å². The van der Waals surface area contributed by atoms with Crippen LogP contribution < -0.4 is 4.74 Å². The molecule has 22 heavy (non-hydrogen) atoms. The minimum Gasteiger partial charge on any atom is -0.471 e. The highest BCUT2D eigenvalue weighted by atomic mass is 16.7. The monoisotopic (exact) mass is 304 g/mol. The van der Waals surface area contributed by atoms with Crippen LogP contribution in [0, 0.1) is 0 Å². The first-order valence-electron chi connectivity index (χ1n) is 7.26. The molecular formula is C16H16O6. The van der Waals surface area contributed by atoms with E-state index in [9.17, 15) is 9.59 Å². The number of hydrogen-bond acceptors (Lipinski definition) is 6. The van der Waals surface area contributed by atoms with Crippen molar-refractivity contribution in [3.05, 3.63) is 29.8 Å². The molecule has 0 amide bonds. The molecule has 4 atom stereocenters. The molecule has 116 valence electrons. The molecule has 0 spiro atoms. The Bertz CT molecular complexity index is 670. The van der Waals surface area contributed by atoms with Crippen molar-refractivity contribution in [2.45, 2.75) is 37.3 Å². The maximum absolute atomic E-state index is 12.5. The predicted octanol–water partition coefficient (Wildman–Crippen LogP) is 0.963. The fourth-order valence-corrected chi connectivity index (χ4v) is 3.98. The van der Waals surface area contributed by atoms with Crippen LogP contribution in [0.15, 0.2) is 24.3 Å². The Morgan fingerprint density at radius 1 is 1.14 bits per heavy atom. The molecule has 6 nitrogen and oxygen atoms in total. The molecule has 1 aromatic rings. The van der Waals surface area contributed by atoms with Crippen LogP contribution in [0.4, 0.5) is 0 Å². The molecule has 4 rings (SSSR count). The normalized spacial score (nSPS) is 37.9. The SMILES string of the molecule is CC(=O)O[C@]12c3ccccc3O[C@@]1(C(C)=O)[C@@H]1OCCO[C@@H]12. The number of ether oxygens (including phenoxy) is 4. The molecule has 2 aliphatic heterocycles. The van der Waals surface area contributed by atoms with E-state index in [1.807, 2.05) is 12.1 Å². The molecule has 1 saturated carbocycles. The molecule has 0 bridgehead atoms. The van der Waals surface area contributed by atoms with Gasteiger partial charge in [0.05, 0.1) is 13.2 Å². The molecule has 0 unspecified atom stereocenters. The second kappa shape index (κ2) is 4.30. The predicted molar refractivity (Wildman–Crippen MR) is 73.4 cm³/mol. The van der Waals surface area contributed by atoms with Gasteiger partial charge < -0.3 is 18.9 Å². The van der Waals surface area contributed by atoms with Gasteiger partial charge in [-0.3, -0.25) is 9.59 Å². The van der Waals surface area contributed by atoms with Crippen molar-refractivity contribution in [1.82, 2.24) is 0 Å². The number of Topliss-reactive ketones (excluding diaryl/α,β-unsaturated/α-hetero) is 1. The largest absolute Gasteiger partial charge is 0.471 e. The molecule has 2 fully saturated rings. The lowest BCUT2D eigenvalue weighted by Gasteiger charge is -2.61. The Balaban J connectivity index is 1.95. The number of fused-ring (bicyclic) bond motifs is 6. The van der Waals surface area contributed by atoms with Crippen molar-refractivity contribution >= 4 is 11.8 Å². The lowest BCUT2D eigenvalue weighted by atomic mass is 9.56. The minimum absolute atomic E-state index is 0.239. The van der Waals surface area contributed by atoms with Crippen LogP contribution >= 0.6 is 0 Å². The number of ketones is 1. The molecule has 1 aromatic carbocycles. The van der Waals surface area contributed by atoms with Gasteiger partial charge in [0.1, 0.15) is 18.0 Å². The fraction of sp³-hybridized carbons (Fsp3) is 0.500. The molecule has 0 N–H and O–H groups in total. The molecule has 0 aromatic heterocycles. The number of esters is 1. The van der Waals surface area contributed by atoms with Crippen molar-refractivity contribution in [3.8, 4) is 5.75 Å². The lowest BCUT2D eigenvalue weighted by Crippen LogP contribution is -2.85. The molecule has 3 aliphatic rings. The molecule has 0 radical (unpaired) electrons. The van der Waals surface area contributed by atoms with E-state index in [2.05, 4.69) is 0 Å². The summed E-state index contributed by atoms with van der Waals surface area (Å²) < 4.78 is 23.2. The van der Waals surface area contributed by atoms with Crippen molar-refractivity contribution in [2.75, 3.05) is 13.2 Å². The second-order valence-electron chi connectivity index (χ2n) is 5.80. The lowest BCUT2D eigenvalue weighted by molar-refractivity contribution is -0.356. The highest BCUT2D eigenvalue weighted by Gasteiger charge is 2.85. The Hall–Kier alpha value is -1.92. The quantitative estimate of drug-likeness (QED) is 0.758. The number of hydrogen-bond donors (Lipinski definition) is 0. The molecule has 2 heterocycles. The molecule has 6 heteroatoms. The fourth-order valence-electron chi connectivity index (χ4n) is 3.98. The zero-order valence-electron chi connectivity index (χ0n) is 12.3. The van der Waals surface area contributed by atoms with Gasteiger partial charge in [0.2, 0.25) is 11.2 Å². The third kappa shape index (κ3) is 1.33. The van der Waals surface area contributed by atoms with Crippen molar-refractivity contribution in [1.29, 1.82) is 0 Å². The van der Waals surface area contributed by atoms with E-state index in [1.54, 1.807) is 12.1 Å². The number of benzene rings is 1. The third-order valence-corrected chi connectivity index (χ3v) is 4.69. The summed E-state index contributed by atoms with van der Waals surface area (Å²) in [4.78, 5) is 24.2. The standard InChI is InChI=1S/C16H16O6/c1-9(17)15-13-14(20-8-7-19-13)16(15,21-10(2)18)11-5-3-4-6-12(11)22-15/h3-6,13-14H,7-8H2,1-2H3/t13-,14+,15+,16+/m1/s1. The maximum Gasteiger partial charge on any atom is 0.303 e. The van der Waals surface area contributed by atoms with E-state index in [1.165, 1.54) is 13.8 Å². The van der Waals surface area contributed by atoms with Crippen LogP contribution in [0.2, 0.25) is 0 Å². The summed E-state index contributed by atoms with van der Waals surface area (Å²) in [7, 11) is 0. The van der Waals surface area contributed by atoms with Crippen LogP contribution in [-0.4, -0.2) is 42.8 Å². The Labute approximate surface area is 127 Å². The summed E-state index contributed by atoms with van der Waals surface area (Å²) in [6.07, 6.45) is -1.12. The zero-order chi connectivity index (χ0) is 15.5. The molecular weight excluding hydrogens is 288 g/mol. The number of carbonyl (C=O) groups is 2. The maximum atomic E-state index is 12.5. The molecule has 1 aliphatic carbocycles. The van der Waals surface area contributed by atoms with Gasteiger partial charge in [-0.2, -0.15) is 0 Å². The summed E-state index contributed by atoms with van der Waals surface area (Å²) in [5.41, 5.74) is -1.98. The summed E-state index contributed by atoms with van der Waals surface area (Å²) in [6.45, 7) is 3.52. The van der Waals surface area contributed by atoms with Gasteiger partial charge in [-0.25, -0.2) is 0 Å². The average molecular weight is 304 g/mol. The van der Waals surface area contributed by atoms with Gasteiger partial charge in [-0.15, -0.1) is 0 Å². The number of rotatable bonds is 2. The van der Waals surface area contributed by atoms with Gasteiger partial charge in [0, 0.05) is 12.5 Å². The Kier molecular flexibility index (Phi) is 2.68. The van der Waals surface area contributed by atoms with Crippen LogP contribution in [0.25, 0.3) is 0 Å². The van der Waals surface area contributed by atoms with Gasteiger partial charge in [0.15, 0.2) is 5.78 Å². The van der Waals surface area contributed by atoms with Gasteiger partial charge in [0.25, 0.3) is 0 Å². The van der Waals surface area contributed by atoms with Crippen LogP contribution in [0.3, 0.4) is 0 Å². The zero-order valence-corrected chi connectivity index (χ0v) is 12.3. The summed E-state index contributed by atoms with van der Waals surface area (Å²) in [5.74, 6) is -0.198. The van der Waals surface area contributed by atoms with Gasteiger partial charge in [-0.1, -0.05) is 18.2 Å². The summed E-state index contributed by atoms with van der Waals surface area (Å²) >= 11 is 0. The first kappa shape index (κ1) is 13.7. The van der Waals surface area contributed by atoms with Crippen LogP contribution in [0.5, 0.6) is 5.75 Å². The van der Waals surface area contributed by atoms with Crippen LogP contribution in [0.1, 0.15) is 19.4 Å². The smallest absolute Gasteiger partial charge is 0.303 e.